The summed E-state index contributed by atoms with van der Waals surface area (Å²) in [6.45, 7) is 2.73. The summed E-state index contributed by atoms with van der Waals surface area (Å²) in [7, 11) is 0. The molecule has 0 radical (unpaired) electrons. The van der Waals surface area contributed by atoms with Gasteiger partial charge in [-0.05, 0) is 37.1 Å². The topological polar surface area (TPSA) is 43.8 Å². The Balaban J connectivity index is 2.36. The van der Waals surface area contributed by atoms with E-state index in [-0.39, 0.29) is 0 Å². The summed E-state index contributed by atoms with van der Waals surface area (Å²) in [5.41, 5.74) is 9.00. The molecule has 0 atom stereocenters. The first kappa shape index (κ1) is 11.2. The Morgan fingerprint density at radius 1 is 1.44 bits per heavy atom. The Labute approximate surface area is 99.8 Å². The number of nitrogens with two attached hydrogens (primary N) is 1. The molecular weight excluding hydrogens is 222 g/mol. The lowest BCUT2D eigenvalue weighted by Gasteiger charge is -2.07. The minimum absolute atomic E-state index is 0.644. The molecule has 1 heterocycles. The van der Waals surface area contributed by atoms with Crippen molar-refractivity contribution in [1.82, 2.24) is 9.78 Å². The average Bonchev–Trinajstić information content (AvgIpc) is 2.65. The van der Waals surface area contributed by atoms with Crippen LogP contribution in [0.3, 0.4) is 0 Å². The summed E-state index contributed by atoms with van der Waals surface area (Å²) in [6, 6.07) is 6.26. The van der Waals surface area contributed by atoms with Gasteiger partial charge in [0.15, 0.2) is 0 Å². The molecule has 0 saturated heterocycles. The van der Waals surface area contributed by atoms with E-state index in [1.807, 2.05) is 6.07 Å². The zero-order valence-electron chi connectivity index (χ0n) is 9.15. The Hall–Kier alpha value is -1.32. The number of hydrogen-bond donors (Lipinski definition) is 1. The molecule has 84 valence electrons. The first-order valence-corrected chi connectivity index (χ1v) is 5.58. The number of aryl methyl sites for hydroxylation is 1. The van der Waals surface area contributed by atoms with Gasteiger partial charge in [0.1, 0.15) is 0 Å². The fraction of sp³-hybridized carbons (Fsp3) is 0.250. The normalized spacial score (nSPS) is 10.7. The van der Waals surface area contributed by atoms with Gasteiger partial charge >= 0.3 is 0 Å². The Kier molecular flexibility index (Phi) is 3.27. The number of aromatic nitrogens is 2. The second-order valence-corrected chi connectivity index (χ2v) is 4.20. The molecule has 0 bridgehead atoms. The first-order chi connectivity index (χ1) is 7.70. The lowest BCUT2D eigenvalue weighted by Crippen LogP contribution is -2.04. The number of nitrogens with zero attached hydrogens (tertiary/aromatic N) is 2. The average molecular weight is 236 g/mol. The van der Waals surface area contributed by atoms with E-state index < -0.39 is 0 Å². The van der Waals surface area contributed by atoms with Crippen LogP contribution in [0.4, 0.5) is 0 Å². The maximum atomic E-state index is 5.84. The molecule has 0 unspecified atom stereocenters. The maximum absolute atomic E-state index is 5.84. The highest BCUT2D eigenvalue weighted by Crippen LogP contribution is 2.17. The standard InChI is InChI=1S/C12H14ClN3/c1-9-6-10(4-5-14)2-3-12(9)16-8-11(13)7-15-16/h2-3,6-8H,4-5,14H2,1H3. The van der Waals surface area contributed by atoms with Crippen molar-refractivity contribution in [1.29, 1.82) is 0 Å². The molecule has 2 rings (SSSR count). The van der Waals surface area contributed by atoms with Gasteiger partial charge in [-0.3, -0.25) is 0 Å². The third kappa shape index (κ3) is 2.26. The summed E-state index contributed by atoms with van der Waals surface area (Å²) in [5.74, 6) is 0. The van der Waals surface area contributed by atoms with Gasteiger partial charge in [0.2, 0.25) is 0 Å². The molecule has 0 aliphatic heterocycles. The Morgan fingerprint density at radius 2 is 2.25 bits per heavy atom. The SMILES string of the molecule is Cc1cc(CCN)ccc1-n1cc(Cl)cn1. The smallest absolute Gasteiger partial charge is 0.0790 e. The minimum atomic E-state index is 0.644. The van der Waals surface area contributed by atoms with E-state index in [0.717, 1.165) is 12.1 Å². The lowest BCUT2D eigenvalue weighted by molar-refractivity contribution is 0.869. The minimum Gasteiger partial charge on any atom is -0.330 e. The molecule has 1 aromatic carbocycles. The van der Waals surface area contributed by atoms with Crippen LogP contribution < -0.4 is 5.73 Å². The zero-order valence-corrected chi connectivity index (χ0v) is 9.91. The van der Waals surface area contributed by atoms with Gasteiger partial charge in [-0.1, -0.05) is 23.7 Å². The molecule has 3 nitrogen and oxygen atoms in total. The van der Waals surface area contributed by atoms with Crippen molar-refractivity contribution in [2.24, 2.45) is 5.73 Å². The van der Waals surface area contributed by atoms with E-state index in [1.165, 1.54) is 11.1 Å². The lowest BCUT2D eigenvalue weighted by atomic mass is 10.1. The molecule has 0 fully saturated rings. The zero-order chi connectivity index (χ0) is 11.5. The van der Waals surface area contributed by atoms with Crippen LogP contribution in [-0.4, -0.2) is 16.3 Å². The van der Waals surface area contributed by atoms with Crippen molar-refractivity contribution in [3.63, 3.8) is 0 Å². The monoisotopic (exact) mass is 235 g/mol. The van der Waals surface area contributed by atoms with E-state index in [0.29, 0.717) is 11.6 Å². The molecule has 2 aromatic rings. The second-order valence-electron chi connectivity index (χ2n) is 3.76. The van der Waals surface area contributed by atoms with Crippen molar-refractivity contribution >= 4 is 11.6 Å². The highest BCUT2D eigenvalue weighted by Gasteiger charge is 2.03. The molecule has 16 heavy (non-hydrogen) atoms. The summed E-state index contributed by atoms with van der Waals surface area (Å²) in [4.78, 5) is 0. The van der Waals surface area contributed by atoms with E-state index in [4.69, 9.17) is 17.3 Å². The van der Waals surface area contributed by atoms with Gasteiger partial charge in [0, 0.05) is 6.20 Å². The van der Waals surface area contributed by atoms with Crippen LogP contribution in [0.5, 0.6) is 0 Å². The fourth-order valence-electron chi connectivity index (χ4n) is 1.73. The molecule has 0 amide bonds. The second kappa shape index (κ2) is 4.68. The van der Waals surface area contributed by atoms with Crippen LogP contribution in [-0.2, 0) is 6.42 Å². The van der Waals surface area contributed by atoms with Gasteiger partial charge in [-0.2, -0.15) is 5.10 Å². The summed E-state index contributed by atoms with van der Waals surface area (Å²) in [5, 5.41) is 4.83. The van der Waals surface area contributed by atoms with Crippen LogP contribution in [0, 0.1) is 6.92 Å². The molecule has 1 aromatic heterocycles. The largest absolute Gasteiger partial charge is 0.330 e. The van der Waals surface area contributed by atoms with Gasteiger partial charge in [-0.15, -0.1) is 0 Å². The number of halogens is 1. The molecule has 4 heteroatoms. The van der Waals surface area contributed by atoms with E-state index in [2.05, 4.69) is 24.2 Å². The molecule has 0 saturated carbocycles. The molecule has 2 N–H and O–H groups in total. The molecule has 0 aliphatic carbocycles. The van der Waals surface area contributed by atoms with Gasteiger partial charge < -0.3 is 5.73 Å². The molecule has 0 aliphatic rings. The summed E-state index contributed by atoms with van der Waals surface area (Å²) < 4.78 is 1.78. The summed E-state index contributed by atoms with van der Waals surface area (Å²) in [6.07, 6.45) is 4.34. The molecular formula is C12H14ClN3. The van der Waals surface area contributed by atoms with E-state index in [1.54, 1.807) is 17.1 Å². The number of benzene rings is 1. The number of hydrogen-bond acceptors (Lipinski definition) is 2. The van der Waals surface area contributed by atoms with Crippen LogP contribution in [0.15, 0.2) is 30.6 Å². The quantitative estimate of drug-likeness (QED) is 0.888. The van der Waals surface area contributed by atoms with Crippen molar-refractivity contribution in [3.8, 4) is 5.69 Å². The molecule has 0 spiro atoms. The van der Waals surface area contributed by atoms with Crippen LogP contribution in [0.1, 0.15) is 11.1 Å². The van der Waals surface area contributed by atoms with Crippen LogP contribution >= 0.6 is 11.6 Å². The van der Waals surface area contributed by atoms with Gasteiger partial charge in [0.05, 0.1) is 16.9 Å². The van der Waals surface area contributed by atoms with Crippen LogP contribution in [0.2, 0.25) is 5.02 Å². The highest BCUT2D eigenvalue weighted by molar-refractivity contribution is 6.30. The third-order valence-electron chi connectivity index (χ3n) is 2.49. The fourth-order valence-corrected chi connectivity index (χ4v) is 1.87. The van der Waals surface area contributed by atoms with Gasteiger partial charge in [0.25, 0.3) is 0 Å². The Morgan fingerprint density at radius 3 is 2.81 bits per heavy atom. The predicted octanol–water partition coefficient (Wildman–Crippen LogP) is 2.34. The number of rotatable bonds is 3. The first-order valence-electron chi connectivity index (χ1n) is 5.21. The van der Waals surface area contributed by atoms with Gasteiger partial charge in [-0.25, -0.2) is 4.68 Å². The maximum Gasteiger partial charge on any atom is 0.0790 e. The van der Waals surface area contributed by atoms with Crippen molar-refractivity contribution in [2.75, 3.05) is 6.54 Å². The van der Waals surface area contributed by atoms with E-state index in [9.17, 15) is 0 Å². The summed E-state index contributed by atoms with van der Waals surface area (Å²) >= 11 is 5.84. The third-order valence-corrected chi connectivity index (χ3v) is 2.69. The van der Waals surface area contributed by atoms with Crippen molar-refractivity contribution < 1.29 is 0 Å². The Bertz CT molecular complexity index is 491. The van der Waals surface area contributed by atoms with Crippen molar-refractivity contribution in [2.45, 2.75) is 13.3 Å². The van der Waals surface area contributed by atoms with E-state index >= 15 is 0 Å². The predicted molar refractivity (Wildman–Crippen MR) is 66.1 cm³/mol. The highest BCUT2D eigenvalue weighted by atomic mass is 35.5. The van der Waals surface area contributed by atoms with Crippen molar-refractivity contribution in [3.05, 3.63) is 46.7 Å². The van der Waals surface area contributed by atoms with Crippen LogP contribution in [0.25, 0.3) is 5.69 Å².